The summed E-state index contributed by atoms with van der Waals surface area (Å²) < 4.78 is 10.6. The molecule has 0 bridgehead atoms. The van der Waals surface area contributed by atoms with Gasteiger partial charge in [0.15, 0.2) is 0 Å². The highest BCUT2D eigenvalue weighted by atomic mass is 19.1. The van der Waals surface area contributed by atoms with Crippen molar-refractivity contribution in [3.63, 3.8) is 0 Å². The van der Waals surface area contributed by atoms with Gasteiger partial charge in [0, 0.05) is 25.7 Å². The second kappa shape index (κ2) is 14.3. The minimum atomic E-state index is -0.403. The van der Waals surface area contributed by atoms with Crippen LogP contribution in [0.25, 0.3) is 0 Å². The summed E-state index contributed by atoms with van der Waals surface area (Å²) in [7, 11) is 0. The smallest absolute Gasteiger partial charge is 0.106 e. The number of likely N-dealkylation sites (tertiary alicyclic amines) is 1. The number of nitrogens with zero attached hydrogens (tertiary/aromatic N) is 3. The molecule has 27 heavy (non-hydrogen) atoms. The molecule has 2 saturated heterocycles. The van der Waals surface area contributed by atoms with Crippen LogP contribution < -0.4 is 10.6 Å². The van der Waals surface area contributed by atoms with Gasteiger partial charge in [-0.2, -0.15) is 5.26 Å². The van der Waals surface area contributed by atoms with Crippen LogP contribution in [-0.2, 0) is 0 Å². The largest absolute Gasteiger partial charge is 0.364 e. The van der Waals surface area contributed by atoms with Crippen LogP contribution in [0.15, 0.2) is 12.1 Å². The number of hydrogen-bond donors (Lipinski definition) is 1. The molecule has 2 N–H and O–H groups in total. The predicted octanol–water partition coefficient (Wildman–Crippen LogP) is 3.94. The van der Waals surface area contributed by atoms with Crippen molar-refractivity contribution in [3.8, 4) is 6.07 Å². The Hall–Kier alpha value is -1.82. The van der Waals surface area contributed by atoms with E-state index in [0.29, 0.717) is 0 Å². The Labute approximate surface area is 165 Å². The van der Waals surface area contributed by atoms with Crippen molar-refractivity contribution < 1.29 is 4.39 Å². The van der Waals surface area contributed by atoms with Gasteiger partial charge in [-0.15, -0.1) is 0 Å². The number of halogens is 1. The maximum Gasteiger partial charge on any atom is 0.106 e. The Morgan fingerprint density at radius 3 is 2.30 bits per heavy atom. The lowest BCUT2D eigenvalue weighted by molar-refractivity contribution is 0.141. The van der Waals surface area contributed by atoms with Crippen molar-refractivity contribution in [1.82, 2.24) is 4.90 Å². The third-order valence-corrected chi connectivity index (χ3v) is 4.70. The highest BCUT2D eigenvalue weighted by molar-refractivity contribution is 5.56. The molecule has 0 radical (unpaired) electrons. The van der Waals surface area contributed by atoms with Gasteiger partial charge in [-0.25, -0.2) is 4.39 Å². The number of nitrogens with two attached hydrogens (primary N) is 1. The summed E-state index contributed by atoms with van der Waals surface area (Å²) in [5.74, 6) is 0. The highest BCUT2D eigenvalue weighted by Gasteiger charge is 2.26. The first-order valence-corrected chi connectivity index (χ1v) is 10.3. The zero-order chi connectivity index (χ0) is 19.9. The van der Waals surface area contributed by atoms with Gasteiger partial charge in [-0.05, 0) is 57.0 Å². The second-order valence-electron chi connectivity index (χ2n) is 6.98. The fraction of sp³-hybridized carbons (Fsp3) is 0.682. The molecule has 0 amide bonds. The zero-order valence-corrected chi connectivity index (χ0v) is 17.0. The van der Waals surface area contributed by atoms with Gasteiger partial charge in [0.2, 0.25) is 0 Å². The lowest BCUT2D eigenvalue weighted by atomic mass is 9.99. The Morgan fingerprint density at radius 2 is 1.78 bits per heavy atom. The molecule has 5 heteroatoms. The molecule has 2 fully saturated rings. The molecule has 0 spiro atoms. The molecule has 0 unspecified atom stereocenters. The van der Waals surface area contributed by atoms with E-state index in [4.69, 9.17) is 0 Å². The van der Waals surface area contributed by atoms with Crippen molar-refractivity contribution in [2.75, 3.05) is 44.3 Å². The molecule has 0 saturated carbocycles. The maximum absolute atomic E-state index is 10.6. The Bertz CT molecular complexity index is 527. The molecule has 2 heterocycles. The van der Waals surface area contributed by atoms with Gasteiger partial charge in [0.1, 0.15) is 18.4 Å². The summed E-state index contributed by atoms with van der Waals surface area (Å²) in [6.45, 7) is 8.62. The third-order valence-electron chi connectivity index (χ3n) is 4.70. The maximum atomic E-state index is 10.6. The van der Waals surface area contributed by atoms with E-state index < -0.39 is 6.67 Å². The van der Waals surface area contributed by atoms with Crippen molar-refractivity contribution in [2.24, 2.45) is 5.73 Å². The minimum Gasteiger partial charge on any atom is -0.364 e. The Kier molecular flexibility index (Phi) is 12.3. The van der Waals surface area contributed by atoms with Crippen molar-refractivity contribution in [1.29, 1.82) is 5.26 Å². The van der Waals surface area contributed by atoms with E-state index in [1.165, 1.54) is 51.6 Å². The van der Waals surface area contributed by atoms with Crippen molar-refractivity contribution in [3.05, 3.63) is 29.8 Å². The van der Waals surface area contributed by atoms with Crippen LogP contribution in [0.1, 0.15) is 57.9 Å². The average molecular weight is 375 g/mol. The van der Waals surface area contributed by atoms with E-state index in [0.717, 1.165) is 30.4 Å². The van der Waals surface area contributed by atoms with Crippen LogP contribution in [0, 0.1) is 23.5 Å². The van der Waals surface area contributed by atoms with Crippen LogP contribution in [0.2, 0.25) is 0 Å². The van der Waals surface area contributed by atoms with Gasteiger partial charge in [0.05, 0.1) is 5.56 Å². The van der Waals surface area contributed by atoms with E-state index >= 15 is 0 Å². The monoisotopic (exact) mass is 374 g/mol. The molecule has 0 atom stereocenters. The van der Waals surface area contributed by atoms with Gasteiger partial charge < -0.3 is 15.5 Å². The molecule has 1 aromatic rings. The summed E-state index contributed by atoms with van der Waals surface area (Å²) in [5, 5.41) is 9.19. The summed E-state index contributed by atoms with van der Waals surface area (Å²) in [6.07, 6.45) is 7.78. The molecule has 1 aromatic carbocycles. The first kappa shape index (κ1) is 23.2. The number of alkyl halides is 1. The minimum absolute atomic E-state index is 0.153. The molecule has 3 rings (SSSR count). The fourth-order valence-electron chi connectivity index (χ4n) is 3.46. The molecule has 4 nitrogen and oxygen atoms in total. The van der Waals surface area contributed by atoms with Crippen molar-refractivity contribution in [2.45, 2.75) is 58.4 Å². The second-order valence-corrected chi connectivity index (χ2v) is 6.98. The zero-order valence-electron chi connectivity index (χ0n) is 17.0. The summed E-state index contributed by atoms with van der Waals surface area (Å²) in [6, 6.07) is 12.7. The fourth-order valence-corrected chi connectivity index (χ4v) is 3.46. The van der Waals surface area contributed by atoms with Gasteiger partial charge >= 0.3 is 0 Å². The van der Waals surface area contributed by atoms with E-state index in [2.05, 4.69) is 47.6 Å². The SMILES string of the molecule is CCC.N#Cc1ccc#cc1N1CCC(N2CCCCC2)CC1.NCCF. The molecular formula is C22H35FN4. The molecular weight excluding hydrogens is 339 g/mol. The Balaban J connectivity index is 0.000000453. The molecule has 0 aliphatic carbocycles. The first-order chi connectivity index (χ1) is 13.2. The van der Waals surface area contributed by atoms with Gasteiger partial charge in [-0.3, -0.25) is 0 Å². The van der Waals surface area contributed by atoms with Crippen LogP contribution in [0.3, 0.4) is 0 Å². The number of anilines is 1. The standard InChI is InChI=1S/C17H21N3.C3H8.C2H6FN/c18-14-15-6-2-3-7-17(15)20-12-8-16(9-13-20)19-10-4-1-5-11-19;1-3-2;3-1-2-4/h2,6,16H,1,4-5,8-13H2;3H2,1-2H3;1-2,4H2. The predicted molar refractivity (Wildman–Crippen MR) is 110 cm³/mol. The molecule has 0 aromatic heterocycles. The third kappa shape index (κ3) is 8.16. The normalized spacial score (nSPS) is 17.5. The van der Waals surface area contributed by atoms with Crippen LogP contribution >= 0.6 is 0 Å². The molecule has 150 valence electrons. The van der Waals surface area contributed by atoms with Crippen LogP contribution in [0.4, 0.5) is 10.1 Å². The summed E-state index contributed by atoms with van der Waals surface area (Å²) in [4.78, 5) is 4.97. The first-order valence-electron chi connectivity index (χ1n) is 10.3. The van der Waals surface area contributed by atoms with Gasteiger partial charge in [-0.1, -0.05) is 32.8 Å². The summed E-state index contributed by atoms with van der Waals surface area (Å²) in [5.41, 5.74) is 6.31. The molecule has 2 aliphatic heterocycles. The quantitative estimate of drug-likeness (QED) is 0.870. The van der Waals surface area contributed by atoms with E-state index in [-0.39, 0.29) is 6.54 Å². The van der Waals surface area contributed by atoms with Crippen molar-refractivity contribution >= 4 is 5.69 Å². The number of hydrogen-bond acceptors (Lipinski definition) is 4. The number of nitriles is 1. The number of piperidine rings is 2. The lowest BCUT2D eigenvalue weighted by Gasteiger charge is -2.40. The lowest BCUT2D eigenvalue weighted by Crippen LogP contribution is -2.46. The number of rotatable bonds is 3. The van der Waals surface area contributed by atoms with E-state index in [9.17, 15) is 9.65 Å². The van der Waals surface area contributed by atoms with Gasteiger partial charge in [0.25, 0.3) is 0 Å². The summed E-state index contributed by atoms with van der Waals surface area (Å²) >= 11 is 0. The van der Waals surface area contributed by atoms with E-state index in [1.807, 2.05) is 6.07 Å². The highest BCUT2D eigenvalue weighted by Crippen LogP contribution is 2.25. The Morgan fingerprint density at radius 1 is 1.19 bits per heavy atom. The topological polar surface area (TPSA) is 56.3 Å². The molecule has 2 aliphatic rings. The van der Waals surface area contributed by atoms with Crippen LogP contribution in [0.5, 0.6) is 0 Å². The average Bonchev–Trinajstić information content (AvgIpc) is 2.75. The van der Waals surface area contributed by atoms with Crippen LogP contribution in [-0.4, -0.2) is 50.3 Å². The van der Waals surface area contributed by atoms with E-state index in [1.54, 1.807) is 6.07 Å².